The Hall–Kier alpha value is -2.41. The Labute approximate surface area is 152 Å². The Bertz CT molecular complexity index is 662. The Balaban J connectivity index is 2.03. The molecule has 136 valence electrons. The quantitative estimate of drug-likeness (QED) is 0.558. The fourth-order valence-corrected chi connectivity index (χ4v) is 2.96. The highest BCUT2D eigenvalue weighted by Crippen LogP contribution is 2.38. The number of hydrogen-bond donors (Lipinski definition) is 2. The largest absolute Gasteiger partial charge is 0.493 e. The van der Waals surface area contributed by atoms with Crippen LogP contribution in [-0.2, 0) is 13.1 Å². The lowest BCUT2D eigenvalue weighted by atomic mass is 10.2. The maximum atomic E-state index is 5.63. The van der Waals surface area contributed by atoms with Crippen LogP contribution >= 0.6 is 11.3 Å². The predicted octanol–water partition coefficient (Wildman–Crippen LogP) is 3.03. The third-order valence-corrected chi connectivity index (χ3v) is 4.38. The summed E-state index contributed by atoms with van der Waals surface area (Å²) in [7, 11) is 5.00. The first-order chi connectivity index (χ1) is 12.2. The molecule has 2 aromatic rings. The SMILES string of the molecule is CCOc1c(OC)cc(CNC(=NC)NCc2cccs2)cc1OC. The second kappa shape index (κ2) is 9.78. The van der Waals surface area contributed by atoms with Gasteiger partial charge in [-0.15, -0.1) is 11.3 Å². The van der Waals surface area contributed by atoms with Gasteiger partial charge in [0.15, 0.2) is 17.5 Å². The molecule has 1 heterocycles. The first-order valence-electron chi connectivity index (χ1n) is 8.06. The normalized spacial score (nSPS) is 11.1. The maximum absolute atomic E-state index is 5.63. The van der Waals surface area contributed by atoms with E-state index in [4.69, 9.17) is 14.2 Å². The van der Waals surface area contributed by atoms with E-state index in [1.165, 1.54) is 4.88 Å². The van der Waals surface area contributed by atoms with Crippen LogP contribution in [0.2, 0.25) is 0 Å². The molecule has 1 aromatic carbocycles. The summed E-state index contributed by atoms with van der Waals surface area (Å²) in [5, 5.41) is 8.65. The van der Waals surface area contributed by atoms with E-state index in [0.29, 0.717) is 30.4 Å². The van der Waals surface area contributed by atoms with Gasteiger partial charge in [0.2, 0.25) is 5.75 Å². The van der Waals surface area contributed by atoms with Crippen molar-refractivity contribution in [1.29, 1.82) is 0 Å². The van der Waals surface area contributed by atoms with Crippen molar-refractivity contribution in [2.24, 2.45) is 4.99 Å². The third-order valence-electron chi connectivity index (χ3n) is 3.50. The first kappa shape index (κ1) is 18.9. The van der Waals surface area contributed by atoms with Crippen molar-refractivity contribution >= 4 is 17.3 Å². The lowest BCUT2D eigenvalue weighted by Crippen LogP contribution is -2.36. The van der Waals surface area contributed by atoms with E-state index in [9.17, 15) is 0 Å². The number of ether oxygens (including phenoxy) is 3. The summed E-state index contributed by atoms with van der Waals surface area (Å²) in [6.45, 7) is 3.80. The summed E-state index contributed by atoms with van der Waals surface area (Å²) in [5.74, 6) is 2.66. The van der Waals surface area contributed by atoms with E-state index < -0.39 is 0 Å². The summed E-state index contributed by atoms with van der Waals surface area (Å²) in [4.78, 5) is 5.50. The van der Waals surface area contributed by atoms with Crippen LogP contribution in [0.3, 0.4) is 0 Å². The van der Waals surface area contributed by atoms with Crippen LogP contribution in [0.4, 0.5) is 0 Å². The summed E-state index contributed by atoms with van der Waals surface area (Å²) in [6, 6.07) is 8.00. The van der Waals surface area contributed by atoms with Crippen LogP contribution < -0.4 is 24.8 Å². The van der Waals surface area contributed by atoms with Gasteiger partial charge >= 0.3 is 0 Å². The molecule has 0 radical (unpaired) electrons. The van der Waals surface area contributed by atoms with Crippen LogP contribution in [0, 0.1) is 0 Å². The zero-order chi connectivity index (χ0) is 18.1. The molecule has 0 saturated carbocycles. The van der Waals surface area contributed by atoms with E-state index in [-0.39, 0.29) is 0 Å². The van der Waals surface area contributed by atoms with Gasteiger partial charge in [0.1, 0.15) is 0 Å². The van der Waals surface area contributed by atoms with Gasteiger partial charge in [-0.05, 0) is 36.1 Å². The Morgan fingerprint density at radius 3 is 2.32 bits per heavy atom. The van der Waals surface area contributed by atoms with Crippen LogP contribution in [-0.4, -0.2) is 33.8 Å². The number of benzene rings is 1. The summed E-state index contributed by atoms with van der Waals surface area (Å²) < 4.78 is 16.5. The van der Waals surface area contributed by atoms with E-state index >= 15 is 0 Å². The number of hydrogen-bond acceptors (Lipinski definition) is 5. The number of nitrogens with zero attached hydrogens (tertiary/aromatic N) is 1. The van der Waals surface area contributed by atoms with Crippen molar-refractivity contribution in [3.05, 3.63) is 40.1 Å². The molecule has 6 nitrogen and oxygen atoms in total. The molecule has 0 saturated heterocycles. The number of guanidine groups is 1. The molecule has 1 aromatic heterocycles. The fraction of sp³-hybridized carbons (Fsp3) is 0.389. The van der Waals surface area contributed by atoms with Crippen molar-refractivity contribution in [2.75, 3.05) is 27.9 Å². The third kappa shape index (κ3) is 5.29. The molecule has 2 rings (SSSR count). The van der Waals surface area contributed by atoms with Crippen molar-refractivity contribution in [3.8, 4) is 17.2 Å². The molecular weight excluding hydrogens is 338 g/mol. The predicted molar refractivity (Wildman–Crippen MR) is 102 cm³/mol. The van der Waals surface area contributed by atoms with Gasteiger partial charge in [0.05, 0.1) is 27.4 Å². The van der Waals surface area contributed by atoms with Gasteiger partial charge in [0.25, 0.3) is 0 Å². The Kier molecular flexibility index (Phi) is 7.40. The number of rotatable bonds is 8. The molecule has 0 bridgehead atoms. The second-order valence-corrected chi connectivity index (χ2v) is 6.15. The fourth-order valence-electron chi connectivity index (χ4n) is 2.31. The van der Waals surface area contributed by atoms with Crippen LogP contribution in [0.15, 0.2) is 34.6 Å². The first-order valence-corrected chi connectivity index (χ1v) is 8.94. The number of nitrogens with one attached hydrogen (secondary N) is 2. The minimum Gasteiger partial charge on any atom is -0.493 e. The Morgan fingerprint density at radius 1 is 1.12 bits per heavy atom. The van der Waals surface area contributed by atoms with E-state index in [0.717, 1.165) is 18.1 Å². The standard InChI is InChI=1S/C18H25N3O3S/c1-5-24-17-15(22-3)9-13(10-16(17)23-4)11-20-18(19-2)21-12-14-7-6-8-25-14/h6-10H,5,11-12H2,1-4H3,(H2,19,20,21). The smallest absolute Gasteiger partial charge is 0.203 e. The highest BCUT2D eigenvalue weighted by Gasteiger charge is 2.14. The van der Waals surface area contributed by atoms with Crippen molar-refractivity contribution in [2.45, 2.75) is 20.0 Å². The molecule has 0 atom stereocenters. The van der Waals surface area contributed by atoms with Gasteiger partial charge in [-0.1, -0.05) is 6.07 Å². The molecule has 0 aliphatic rings. The summed E-state index contributed by atoms with van der Waals surface area (Å²) in [5.41, 5.74) is 1.01. The number of aliphatic imine (C=N–C) groups is 1. The van der Waals surface area contributed by atoms with Crippen molar-refractivity contribution in [3.63, 3.8) is 0 Å². The topological polar surface area (TPSA) is 64.1 Å². The highest BCUT2D eigenvalue weighted by molar-refractivity contribution is 7.09. The lowest BCUT2D eigenvalue weighted by Gasteiger charge is -2.16. The molecule has 0 spiro atoms. The van der Waals surface area contributed by atoms with E-state index in [1.807, 2.05) is 25.1 Å². The molecule has 2 N–H and O–H groups in total. The van der Waals surface area contributed by atoms with Gasteiger partial charge in [0, 0.05) is 18.5 Å². The number of thiophene rings is 1. The molecule has 0 aliphatic carbocycles. The summed E-state index contributed by atoms with van der Waals surface area (Å²) >= 11 is 1.71. The molecular formula is C18H25N3O3S. The minimum atomic E-state index is 0.545. The van der Waals surface area contributed by atoms with Crippen molar-refractivity contribution < 1.29 is 14.2 Å². The van der Waals surface area contributed by atoms with Crippen molar-refractivity contribution in [1.82, 2.24) is 10.6 Å². The maximum Gasteiger partial charge on any atom is 0.203 e. The zero-order valence-corrected chi connectivity index (χ0v) is 15.9. The molecule has 0 aliphatic heterocycles. The Morgan fingerprint density at radius 2 is 1.80 bits per heavy atom. The van der Waals surface area contributed by atoms with Gasteiger partial charge in [-0.25, -0.2) is 0 Å². The van der Waals surface area contributed by atoms with E-state index in [1.54, 1.807) is 32.6 Å². The van der Waals surface area contributed by atoms with Crippen LogP contribution in [0.1, 0.15) is 17.4 Å². The highest BCUT2D eigenvalue weighted by atomic mass is 32.1. The van der Waals surface area contributed by atoms with Gasteiger partial charge in [-0.2, -0.15) is 0 Å². The molecule has 0 amide bonds. The van der Waals surface area contributed by atoms with Crippen LogP contribution in [0.5, 0.6) is 17.2 Å². The zero-order valence-electron chi connectivity index (χ0n) is 15.1. The minimum absolute atomic E-state index is 0.545. The molecule has 0 fully saturated rings. The molecule has 25 heavy (non-hydrogen) atoms. The lowest BCUT2D eigenvalue weighted by molar-refractivity contribution is 0.288. The summed E-state index contributed by atoms with van der Waals surface area (Å²) in [6.07, 6.45) is 0. The second-order valence-electron chi connectivity index (χ2n) is 5.12. The average molecular weight is 363 g/mol. The van der Waals surface area contributed by atoms with Crippen LogP contribution in [0.25, 0.3) is 0 Å². The van der Waals surface area contributed by atoms with E-state index in [2.05, 4.69) is 27.1 Å². The number of methoxy groups -OCH3 is 2. The average Bonchev–Trinajstić information content (AvgIpc) is 3.16. The molecule has 7 heteroatoms. The van der Waals surface area contributed by atoms with Gasteiger partial charge < -0.3 is 24.8 Å². The monoisotopic (exact) mass is 363 g/mol. The van der Waals surface area contributed by atoms with Gasteiger partial charge in [-0.3, -0.25) is 4.99 Å². The molecule has 0 unspecified atom stereocenters.